The predicted octanol–water partition coefficient (Wildman–Crippen LogP) is 3.67. The molecule has 3 saturated heterocycles. The minimum atomic E-state index is -5.05. The standard InChI is InChI=1S/C30H36F3N3O6/c31-30(32,33)29(40)36-13-3-7-25(36)27(39)34-22-5-1-4-21(14-22)28-41-24(16-35-12-2-6-23(35)18-38)15-26(42-28)20-10-8-19(17-37)9-11-20/h1,4-5,8-11,14,23-26,28,37-38H,2-3,6-7,12-13,15-18H2,(H,34,39). The van der Waals surface area contributed by atoms with Crippen molar-refractivity contribution in [1.29, 1.82) is 0 Å². The summed E-state index contributed by atoms with van der Waals surface area (Å²) in [6.45, 7) is 1.35. The van der Waals surface area contributed by atoms with Crippen LogP contribution in [0.4, 0.5) is 18.9 Å². The van der Waals surface area contributed by atoms with E-state index in [0.29, 0.717) is 35.5 Å². The Balaban J connectivity index is 1.33. The summed E-state index contributed by atoms with van der Waals surface area (Å²) in [5, 5.41) is 21.9. The van der Waals surface area contributed by atoms with Gasteiger partial charge in [0.1, 0.15) is 6.04 Å². The van der Waals surface area contributed by atoms with E-state index in [1.807, 2.05) is 24.3 Å². The van der Waals surface area contributed by atoms with E-state index < -0.39 is 30.3 Å². The Morgan fingerprint density at radius 2 is 1.74 bits per heavy atom. The average molecular weight is 592 g/mol. The molecule has 3 aliphatic heterocycles. The molecule has 9 nitrogen and oxygen atoms in total. The monoisotopic (exact) mass is 591 g/mol. The molecule has 0 spiro atoms. The summed E-state index contributed by atoms with van der Waals surface area (Å²) < 4.78 is 51.9. The molecule has 0 radical (unpaired) electrons. The van der Waals surface area contributed by atoms with Crippen molar-refractivity contribution >= 4 is 17.5 Å². The fourth-order valence-corrected chi connectivity index (χ4v) is 6.07. The molecule has 5 rings (SSSR count). The normalized spacial score (nSPS) is 26.9. The van der Waals surface area contributed by atoms with Crippen molar-refractivity contribution < 1.29 is 42.4 Å². The molecule has 3 heterocycles. The van der Waals surface area contributed by atoms with Crippen LogP contribution in [0.1, 0.15) is 61.2 Å². The van der Waals surface area contributed by atoms with Crippen molar-refractivity contribution in [3.63, 3.8) is 0 Å². The van der Waals surface area contributed by atoms with Crippen LogP contribution in [0.3, 0.4) is 0 Å². The number of amides is 2. The number of halogens is 3. The van der Waals surface area contributed by atoms with Crippen LogP contribution < -0.4 is 5.32 Å². The first kappa shape index (κ1) is 30.4. The zero-order valence-electron chi connectivity index (χ0n) is 23.1. The number of aliphatic hydroxyl groups excluding tert-OH is 2. The summed E-state index contributed by atoms with van der Waals surface area (Å²) in [6, 6.07) is 13.1. The summed E-state index contributed by atoms with van der Waals surface area (Å²) in [7, 11) is 0. The van der Waals surface area contributed by atoms with Gasteiger partial charge in [-0.1, -0.05) is 36.4 Å². The molecule has 3 aliphatic rings. The van der Waals surface area contributed by atoms with E-state index in [2.05, 4.69) is 10.2 Å². The SMILES string of the molecule is O=C(Nc1cccc(C2OC(CN3CCCC3CO)CC(c3ccc(CO)cc3)O2)c1)C1CCCN1C(=O)C(F)(F)F. The Morgan fingerprint density at radius 3 is 2.45 bits per heavy atom. The van der Waals surface area contributed by atoms with Crippen molar-refractivity contribution in [3.8, 4) is 0 Å². The largest absolute Gasteiger partial charge is 0.471 e. The number of carbonyl (C=O) groups excluding carboxylic acids is 2. The molecular weight excluding hydrogens is 555 g/mol. The van der Waals surface area contributed by atoms with Gasteiger partial charge in [-0.25, -0.2) is 0 Å². The van der Waals surface area contributed by atoms with Gasteiger partial charge in [-0.3, -0.25) is 14.5 Å². The third kappa shape index (κ3) is 6.95. The van der Waals surface area contributed by atoms with Crippen molar-refractivity contribution in [2.75, 3.05) is 31.6 Å². The molecule has 0 aliphatic carbocycles. The summed E-state index contributed by atoms with van der Waals surface area (Å²) in [5.41, 5.74) is 2.67. The lowest BCUT2D eigenvalue weighted by atomic mass is 9.99. The van der Waals surface area contributed by atoms with E-state index in [9.17, 15) is 33.0 Å². The van der Waals surface area contributed by atoms with Gasteiger partial charge in [0.05, 0.1) is 25.4 Å². The minimum absolute atomic E-state index is 0.0703. The van der Waals surface area contributed by atoms with Crippen LogP contribution >= 0.6 is 0 Å². The second-order valence-electron chi connectivity index (χ2n) is 11.1. The minimum Gasteiger partial charge on any atom is -0.395 e. The Kier molecular flexibility index (Phi) is 9.48. The fourth-order valence-electron chi connectivity index (χ4n) is 6.07. The number of nitrogens with zero attached hydrogens (tertiary/aromatic N) is 2. The third-order valence-electron chi connectivity index (χ3n) is 8.25. The van der Waals surface area contributed by atoms with Crippen LogP contribution in [0.25, 0.3) is 0 Å². The topological polar surface area (TPSA) is 112 Å². The summed E-state index contributed by atoms with van der Waals surface area (Å²) in [4.78, 5) is 27.6. The van der Waals surface area contributed by atoms with Crippen molar-refractivity contribution in [2.45, 2.75) is 75.5 Å². The molecular formula is C30H36F3N3O6. The molecule has 3 fully saturated rings. The van der Waals surface area contributed by atoms with Gasteiger partial charge in [0.2, 0.25) is 5.91 Å². The Bertz CT molecular complexity index is 1240. The van der Waals surface area contributed by atoms with Gasteiger partial charge in [0.15, 0.2) is 6.29 Å². The van der Waals surface area contributed by atoms with Gasteiger partial charge >= 0.3 is 12.1 Å². The second kappa shape index (κ2) is 13.1. The van der Waals surface area contributed by atoms with Crippen molar-refractivity contribution in [3.05, 3.63) is 65.2 Å². The third-order valence-corrected chi connectivity index (χ3v) is 8.25. The van der Waals surface area contributed by atoms with Gasteiger partial charge in [-0.05, 0) is 55.5 Å². The number of aliphatic hydroxyl groups is 2. The van der Waals surface area contributed by atoms with Crippen LogP contribution in [0.15, 0.2) is 48.5 Å². The molecule has 12 heteroatoms. The van der Waals surface area contributed by atoms with Gasteiger partial charge in [0.25, 0.3) is 0 Å². The molecule has 2 aromatic carbocycles. The highest BCUT2D eigenvalue weighted by Crippen LogP contribution is 2.39. The van der Waals surface area contributed by atoms with Gasteiger partial charge in [-0.15, -0.1) is 0 Å². The zero-order chi connectivity index (χ0) is 29.9. The Labute approximate surface area is 242 Å². The van der Waals surface area contributed by atoms with Gasteiger partial charge < -0.3 is 29.9 Å². The van der Waals surface area contributed by atoms with E-state index in [-0.39, 0.29) is 44.4 Å². The quantitative estimate of drug-likeness (QED) is 0.430. The predicted molar refractivity (Wildman–Crippen MR) is 146 cm³/mol. The van der Waals surface area contributed by atoms with Crippen LogP contribution in [0.5, 0.6) is 0 Å². The second-order valence-corrected chi connectivity index (χ2v) is 11.1. The summed E-state index contributed by atoms with van der Waals surface area (Å²) in [5.74, 6) is -2.69. The molecule has 228 valence electrons. The maximum Gasteiger partial charge on any atom is 0.471 e. The van der Waals surface area contributed by atoms with E-state index in [1.165, 1.54) is 0 Å². The number of hydrogen-bond acceptors (Lipinski definition) is 7. The molecule has 2 amide bonds. The Morgan fingerprint density at radius 1 is 0.976 bits per heavy atom. The number of likely N-dealkylation sites (tertiary alicyclic amines) is 2. The molecule has 5 atom stereocenters. The molecule has 0 saturated carbocycles. The van der Waals surface area contributed by atoms with Crippen LogP contribution in [0.2, 0.25) is 0 Å². The summed E-state index contributed by atoms with van der Waals surface area (Å²) in [6.07, 6.45) is -3.45. The van der Waals surface area contributed by atoms with Gasteiger partial charge in [-0.2, -0.15) is 13.2 Å². The highest BCUT2D eigenvalue weighted by Gasteiger charge is 2.47. The van der Waals surface area contributed by atoms with E-state index in [1.54, 1.807) is 24.3 Å². The number of nitrogens with one attached hydrogen (secondary N) is 1. The molecule has 0 bridgehead atoms. The number of ether oxygens (including phenoxy) is 2. The highest BCUT2D eigenvalue weighted by atomic mass is 19.4. The van der Waals surface area contributed by atoms with Crippen LogP contribution in [-0.2, 0) is 25.7 Å². The highest BCUT2D eigenvalue weighted by molar-refractivity contribution is 5.98. The maximum absolute atomic E-state index is 13.0. The number of carbonyl (C=O) groups is 2. The molecule has 5 unspecified atom stereocenters. The van der Waals surface area contributed by atoms with Gasteiger partial charge in [0, 0.05) is 36.8 Å². The van der Waals surface area contributed by atoms with Crippen LogP contribution in [0, 0.1) is 0 Å². The average Bonchev–Trinajstić information content (AvgIpc) is 3.66. The molecule has 2 aromatic rings. The number of hydrogen-bond donors (Lipinski definition) is 3. The van der Waals surface area contributed by atoms with Crippen LogP contribution in [-0.4, -0.2) is 82.4 Å². The summed E-state index contributed by atoms with van der Waals surface area (Å²) >= 11 is 0. The first-order valence-electron chi connectivity index (χ1n) is 14.3. The first-order valence-corrected chi connectivity index (χ1v) is 14.3. The lowest BCUT2D eigenvalue weighted by Gasteiger charge is -2.38. The van der Waals surface area contributed by atoms with Crippen molar-refractivity contribution in [2.24, 2.45) is 0 Å². The first-order chi connectivity index (χ1) is 20.2. The molecule has 3 N–H and O–H groups in total. The van der Waals surface area contributed by atoms with Crippen molar-refractivity contribution in [1.82, 2.24) is 9.80 Å². The smallest absolute Gasteiger partial charge is 0.395 e. The maximum atomic E-state index is 13.0. The van der Waals surface area contributed by atoms with E-state index in [4.69, 9.17) is 9.47 Å². The molecule has 0 aromatic heterocycles. The number of benzene rings is 2. The number of anilines is 1. The Hall–Kier alpha value is -3.03. The number of alkyl halides is 3. The number of rotatable bonds is 8. The van der Waals surface area contributed by atoms with E-state index in [0.717, 1.165) is 30.5 Å². The lowest BCUT2D eigenvalue weighted by molar-refractivity contribution is -0.253. The fraction of sp³-hybridized carbons (Fsp3) is 0.533. The van der Waals surface area contributed by atoms with E-state index >= 15 is 0 Å². The molecule has 42 heavy (non-hydrogen) atoms. The lowest BCUT2D eigenvalue weighted by Crippen LogP contribution is -2.48. The zero-order valence-corrected chi connectivity index (χ0v) is 23.1.